The third-order valence-corrected chi connectivity index (χ3v) is 1.74. The number of hydrogen-bond donors (Lipinski definition) is 3. The summed E-state index contributed by atoms with van der Waals surface area (Å²) in [6.07, 6.45) is 4.90. The molecule has 0 aromatic carbocycles. The lowest BCUT2D eigenvalue weighted by Crippen LogP contribution is -2.23. The lowest BCUT2D eigenvalue weighted by atomic mass is 10.2. The Kier molecular flexibility index (Phi) is 26.1. The number of amides is 2. The minimum atomic E-state index is -0.252. The van der Waals surface area contributed by atoms with E-state index in [9.17, 15) is 9.59 Å². The summed E-state index contributed by atoms with van der Waals surface area (Å²) in [5.41, 5.74) is 9.47. The molecule has 0 aromatic heterocycles. The first-order valence-corrected chi connectivity index (χ1v) is 6.71. The number of carbonyl (C=O) groups excluding carboxylic acids is 2. The predicted octanol–water partition coefficient (Wildman–Crippen LogP) is 1.55. The van der Waals surface area contributed by atoms with Crippen molar-refractivity contribution in [2.24, 2.45) is 11.5 Å². The van der Waals surface area contributed by atoms with Gasteiger partial charge in [0.25, 0.3) is 0 Å². The Morgan fingerprint density at radius 3 is 1.89 bits per heavy atom. The van der Waals surface area contributed by atoms with Gasteiger partial charge in [-0.15, -0.1) is 0 Å². The third kappa shape index (κ3) is 29.4. The van der Waals surface area contributed by atoms with Gasteiger partial charge in [0.2, 0.25) is 11.8 Å². The second-order valence-corrected chi connectivity index (χ2v) is 3.69. The summed E-state index contributed by atoms with van der Waals surface area (Å²) in [5.74, 6) is -0.174. The number of nitrogens with two attached hydrogens (primary N) is 2. The summed E-state index contributed by atoms with van der Waals surface area (Å²) in [5, 5.41) is 2.77. The fourth-order valence-electron chi connectivity index (χ4n) is 0.954. The number of rotatable bonds is 7. The van der Waals surface area contributed by atoms with Gasteiger partial charge in [0.05, 0.1) is 0 Å². The summed E-state index contributed by atoms with van der Waals surface area (Å²) >= 11 is 0. The Balaban J connectivity index is -0.000000389. The van der Waals surface area contributed by atoms with E-state index in [-0.39, 0.29) is 11.8 Å². The Morgan fingerprint density at radius 1 is 1.00 bits per heavy atom. The number of unbranched alkanes of at least 4 members (excludes halogenated alkanes) is 2. The van der Waals surface area contributed by atoms with Gasteiger partial charge in [0, 0.05) is 19.4 Å². The van der Waals surface area contributed by atoms with E-state index >= 15 is 0 Å². The highest BCUT2D eigenvalue weighted by Crippen LogP contribution is 1.97. The van der Waals surface area contributed by atoms with Crippen molar-refractivity contribution >= 4 is 11.8 Å². The van der Waals surface area contributed by atoms with Crippen LogP contribution in [0.15, 0.2) is 0 Å². The van der Waals surface area contributed by atoms with Crippen LogP contribution in [0, 0.1) is 0 Å². The highest BCUT2D eigenvalue weighted by molar-refractivity contribution is 5.75. The molecule has 0 bridgehead atoms. The molecule has 0 fully saturated rings. The molecule has 0 radical (unpaired) electrons. The SMILES string of the molecule is CCC.CCC(=O)NCCCCCC(N)=O.CN. The van der Waals surface area contributed by atoms with Crippen LogP contribution in [-0.2, 0) is 9.59 Å². The number of primary amides is 1. The molecule has 0 atom stereocenters. The summed E-state index contributed by atoms with van der Waals surface area (Å²) in [6.45, 7) is 6.77. The van der Waals surface area contributed by atoms with Crippen molar-refractivity contribution in [3.63, 3.8) is 0 Å². The van der Waals surface area contributed by atoms with E-state index in [2.05, 4.69) is 24.9 Å². The van der Waals surface area contributed by atoms with Crippen LogP contribution in [0.2, 0.25) is 0 Å². The second kappa shape index (κ2) is 21.2. The van der Waals surface area contributed by atoms with Crippen LogP contribution in [0.3, 0.4) is 0 Å². The fourth-order valence-corrected chi connectivity index (χ4v) is 0.954. The number of hydrogen-bond acceptors (Lipinski definition) is 3. The fraction of sp³-hybridized carbons (Fsp3) is 0.846. The average Bonchev–Trinajstić information content (AvgIpc) is 2.36. The molecular formula is C13H31N3O2. The maximum absolute atomic E-state index is 10.8. The molecule has 0 aliphatic rings. The molecule has 0 heterocycles. The van der Waals surface area contributed by atoms with Crippen molar-refractivity contribution in [1.29, 1.82) is 0 Å². The molecule has 0 saturated heterocycles. The van der Waals surface area contributed by atoms with E-state index in [1.165, 1.54) is 13.5 Å². The van der Waals surface area contributed by atoms with Crippen LogP contribution in [0.5, 0.6) is 0 Å². The molecule has 18 heavy (non-hydrogen) atoms. The largest absolute Gasteiger partial charge is 0.370 e. The molecule has 2 amide bonds. The van der Waals surface area contributed by atoms with Crippen molar-refractivity contribution < 1.29 is 9.59 Å². The monoisotopic (exact) mass is 261 g/mol. The van der Waals surface area contributed by atoms with Crippen molar-refractivity contribution in [2.75, 3.05) is 13.6 Å². The summed E-state index contributed by atoms with van der Waals surface area (Å²) in [4.78, 5) is 21.1. The number of carbonyl (C=O) groups is 2. The minimum absolute atomic E-state index is 0.0786. The molecule has 5 heteroatoms. The van der Waals surface area contributed by atoms with Gasteiger partial charge in [0.1, 0.15) is 0 Å². The van der Waals surface area contributed by atoms with Gasteiger partial charge in [-0.05, 0) is 19.9 Å². The standard InChI is InChI=1S/C9H18N2O2.C3H8.CH5N/c1-2-9(13)11-7-5-3-4-6-8(10)12;1-3-2;1-2/h2-7H2,1H3,(H2,10,12)(H,11,13);3H2,1-2H3;2H2,1H3. The summed E-state index contributed by atoms with van der Waals surface area (Å²) < 4.78 is 0. The molecule has 0 aromatic rings. The molecule has 0 aliphatic carbocycles. The van der Waals surface area contributed by atoms with Crippen molar-refractivity contribution in [3.05, 3.63) is 0 Å². The lowest BCUT2D eigenvalue weighted by Gasteiger charge is -2.02. The quantitative estimate of drug-likeness (QED) is 0.606. The minimum Gasteiger partial charge on any atom is -0.370 e. The molecule has 0 rings (SSSR count). The molecular weight excluding hydrogens is 230 g/mol. The van der Waals surface area contributed by atoms with Gasteiger partial charge >= 0.3 is 0 Å². The number of nitrogens with one attached hydrogen (secondary N) is 1. The van der Waals surface area contributed by atoms with Crippen LogP contribution in [0.4, 0.5) is 0 Å². The maximum atomic E-state index is 10.8. The summed E-state index contributed by atoms with van der Waals surface area (Å²) in [6, 6.07) is 0. The second-order valence-electron chi connectivity index (χ2n) is 3.69. The average molecular weight is 261 g/mol. The summed E-state index contributed by atoms with van der Waals surface area (Å²) in [7, 11) is 1.50. The Bertz CT molecular complexity index is 185. The zero-order valence-corrected chi connectivity index (χ0v) is 12.4. The van der Waals surface area contributed by atoms with Gasteiger partial charge in [-0.3, -0.25) is 9.59 Å². The maximum Gasteiger partial charge on any atom is 0.219 e. The van der Waals surface area contributed by atoms with Crippen molar-refractivity contribution in [3.8, 4) is 0 Å². The Hall–Kier alpha value is -1.10. The van der Waals surface area contributed by atoms with Gasteiger partial charge in [-0.1, -0.05) is 33.6 Å². The van der Waals surface area contributed by atoms with Gasteiger partial charge in [-0.25, -0.2) is 0 Å². The van der Waals surface area contributed by atoms with E-state index in [1.807, 2.05) is 6.92 Å². The van der Waals surface area contributed by atoms with E-state index in [4.69, 9.17) is 5.73 Å². The van der Waals surface area contributed by atoms with Crippen molar-refractivity contribution in [2.45, 2.75) is 59.3 Å². The third-order valence-electron chi connectivity index (χ3n) is 1.74. The van der Waals surface area contributed by atoms with Crippen LogP contribution in [0.25, 0.3) is 0 Å². The smallest absolute Gasteiger partial charge is 0.219 e. The van der Waals surface area contributed by atoms with Crippen molar-refractivity contribution in [1.82, 2.24) is 5.32 Å². The molecule has 0 aliphatic heterocycles. The Morgan fingerprint density at radius 2 is 1.50 bits per heavy atom. The topological polar surface area (TPSA) is 98.2 Å². The lowest BCUT2D eigenvalue weighted by molar-refractivity contribution is -0.121. The van der Waals surface area contributed by atoms with Gasteiger partial charge in [0.15, 0.2) is 0 Å². The first kappa shape index (κ1) is 22.1. The Labute approximate surface area is 112 Å². The van der Waals surface area contributed by atoms with Crippen LogP contribution < -0.4 is 16.8 Å². The van der Waals surface area contributed by atoms with E-state index in [1.54, 1.807) is 0 Å². The first-order chi connectivity index (χ1) is 8.58. The van der Waals surface area contributed by atoms with E-state index in [0.717, 1.165) is 19.3 Å². The predicted molar refractivity (Wildman–Crippen MR) is 77.0 cm³/mol. The zero-order chi connectivity index (χ0) is 14.8. The van der Waals surface area contributed by atoms with Gasteiger partial charge in [-0.2, -0.15) is 0 Å². The van der Waals surface area contributed by atoms with Gasteiger partial charge < -0.3 is 16.8 Å². The van der Waals surface area contributed by atoms with E-state index in [0.29, 0.717) is 19.4 Å². The van der Waals surface area contributed by atoms with E-state index < -0.39 is 0 Å². The molecule has 110 valence electrons. The molecule has 0 unspecified atom stereocenters. The molecule has 0 spiro atoms. The van der Waals surface area contributed by atoms with Crippen LogP contribution in [-0.4, -0.2) is 25.4 Å². The first-order valence-electron chi connectivity index (χ1n) is 6.71. The molecule has 5 N–H and O–H groups in total. The van der Waals surface area contributed by atoms with Crippen LogP contribution in [0.1, 0.15) is 59.3 Å². The zero-order valence-electron chi connectivity index (χ0n) is 12.4. The highest BCUT2D eigenvalue weighted by atomic mass is 16.1. The molecule has 5 nitrogen and oxygen atoms in total. The molecule has 0 saturated carbocycles. The normalized spacial score (nSPS) is 8.28. The highest BCUT2D eigenvalue weighted by Gasteiger charge is 1.96. The van der Waals surface area contributed by atoms with Crippen LogP contribution >= 0.6 is 0 Å².